The molecular formula is C25H25ClFN5O4. The topological polar surface area (TPSA) is 123 Å². The zero-order chi connectivity index (χ0) is 25.8. The Morgan fingerprint density at radius 1 is 1.36 bits per heavy atom. The summed E-state index contributed by atoms with van der Waals surface area (Å²) in [5.74, 6) is -0.885. The fraction of sp³-hybridized carbons (Fsp3) is 0.240. The molecule has 1 aliphatic rings. The smallest absolute Gasteiger partial charge is 0.271 e. The van der Waals surface area contributed by atoms with Crippen molar-refractivity contribution in [2.24, 2.45) is 5.73 Å². The van der Waals surface area contributed by atoms with Gasteiger partial charge in [0.15, 0.2) is 0 Å². The van der Waals surface area contributed by atoms with Gasteiger partial charge in [-0.3, -0.25) is 9.59 Å². The Morgan fingerprint density at radius 3 is 2.89 bits per heavy atom. The largest absolute Gasteiger partial charge is 0.404 e. The number of hydrogen-bond acceptors (Lipinski definition) is 6. The molecule has 4 rings (SSSR count). The molecule has 0 aliphatic carbocycles. The van der Waals surface area contributed by atoms with Gasteiger partial charge in [-0.25, -0.2) is 9.37 Å². The molecule has 1 aromatic carbocycles. The molecule has 0 saturated heterocycles. The molecule has 11 heteroatoms. The lowest BCUT2D eigenvalue weighted by Crippen LogP contribution is -2.49. The van der Waals surface area contributed by atoms with Crippen LogP contribution in [0.5, 0.6) is 0 Å². The Bertz CT molecular complexity index is 1330. The number of carbonyl (C=O) groups is 2. The molecule has 1 atom stereocenters. The lowest BCUT2D eigenvalue weighted by molar-refractivity contribution is -0.111. The zero-order valence-electron chi connectivity index (χ0n) is 19.4. The Labute approximate surface area is 211 Å². The monoisotopic (exact) mass is 513 g/mol. The van der Waals surface area contributed by atoms with Gasteiger partial charge >= 0.3 is 0 Å². The summed E-state index contributed by atoms with van der Waals surface area (Å²) in [5, 5.41) is 12.6. The Balaban J connectivity index is 1.68. The van der Waals surface area contributed by atoms with Crippen LogP contribution in [0, 0.1) is 5.82 Å². The maximum absolute atomic E-state index is 13.9. The van der Waals surface area contributed by atoms with Gasteiger partial charge in [-0.2, -0.15) is 0 Å². The SMILES string of the molecule is COC[C@H]1Cn2cc(-c3cc(NC(=O)C=CN)ncc3Cl)cc2C(=O)N1Cc1cc(F)ccc1CO. The van der Waals surface area contributed by atoms with Gasteiger partial charge in [0.2, 0.25) is 0 Å². The maximum Gasteiger partial charge on any atom is 0.271 e. The highest BCUT2D eigenvalue weighted by atomic mass is 35.5. The number of aliphatic hydroxyl groups is 1. The number of halogens is 2. The molecule has 0 fully saturated rings. The summed E-state index contributed by atoms with van der Waals surface area (Å²) in [4.78, 5) is 31.2. The van der Waals surface area contributed by atoms with Gasteiger partial charge < -0.3 is 30.4 Å². The van der Waals surface area contributed by atoms with Crippen LogP contribution >= 0.6 is 11.6 Å². The van der Waals surface area contributed by atoms with Gasteiger partial charge in [0.1, 0.15) is 17.3 Å². The fourth-order valence-corrected chi connectivity index (χ4v) is 4.44. The van der Waals surface area contributed by atoms with Crippen molar-refractivity contribution in [3.8, 4) is 11.1 Å². The molecule has 3 aromatic rings. The molecule has 1 aliphatic heterocycles. The summed E-state index contributed by atoms with van der Waals surface area (Å²) in [6, 6.07) is 7.11. The molecular weight excluding hydrogens is 489 g/mol. The normalized spacial score (nSPS) is 15.4. The Hall–Kier alpha value is -3.73. The van der Waals surface area contributed by atoms with Crippen LogP contribution in [0.1, 0.15) is 21.6 Å². The van der Waals surface area contributed by atoms with Crippen molar-refractivity contribution in [3.63, 3.8) is 0 Å². The van der Waals surface area contributed by atoms with Crippen molar-refractivity contribution >= 4 is 29.2 Å². The van der Waals surface area contributed by atoms with E-state index in [1.807, 2.05) is 4.57 Å². The van der Waals surface area contributed by atoms with Gasteiger partial charge in [0, 0.05) is 49.8 Å². The molecule has 0 unspecified atom stereocenters. The van der Waals surface area contributed by atoms with Crippen LogP contribution in [0.2, 0.25) is 5.02 Å². The van der Waals surface area contributed by atoms with E-state index in [9.17, 15) is 19.1 Å². The summed E-state index contributed by atoms with van der Waals surface area (Å²) >= 11 is 6.40. The van der Waals surface area contributed by atoms with Crippen LogP contribution in [-0.4, -0.2) is 51.1 Å². The average Bonchev–Trinajstić information content (AvgIpc) is 3.27. The van der Waals surface area contributed by atoms with Crippen molar-refractivity contribution in [3.05, 3.63) is 82.7 Å². The summed E-state index contributed by atoms with van der Waals surface area (Å²) in [6.07, 6.45) is 5.50. The number of benzene rings is 1. The number of aromatic nitrogens is 2. The van der Waals surface area contributed by atoms with Gasteiger partial charge in [-0.05, 0) is 41.6 Å². The van der Waals surface area contributed by atoms with Crippen molar-refractivity contribution in [1.29, 1.82) is 0 Å². The molecule has 0 saturated carbocycles. The number of pyridine rings is 1. The average molecular weight is 514 g/mol. The van der Waals surface area contributed by atoms with Gasteiger partial charge in [-0.1, -0.05) is 17.7 Å². The molecule has 188 valence electrons. The molecule has 0 bridgehead atoms. The van der Waals surface area contributed by atoms with Crippen molar-refractivity contribution < 1.29 is 23.8 Å². The second-order valence-electron chi connectivity index (χ2n) is 8.28. The van der Waals surface area contributed by atoms with Gasteiger partial charge in [0.05, 0.1) is 24.3 Å². The zero-order valence-corrected chi connectivity index (χ0v) is 20.2. The third kappa shape index (κ3) is 5.25. The molecule has 9 nitrogen and oxygen atoms in total. The molecule has 0 radical (unpaired) electrons. The first kappa shape index (κ1) is 25.4. The first-order valence-electron chi connectivity index (χ1n) is 11.1. The fourth-order valence-electron chi connectivity index (χ4n) is 4.23. The van der Waals surface area contributed by atoms with Gasteiger partial charge in [0.25, 0.3) is 11.8 Å². The van der Waals surface area contributed by atoms with E-state index < -0.39 is 11.7 Å². The number of rotatable bonds is 8. The number of nitrogens with zero attached hydrogens (tertiary/aromatic N) is 3. The summed E-state index contributed by atoms with van der Waals surface area (Å²) in [6.45, 7) is 0.547. The molecule has 3 heterocycles. The van der Waals surface area contributed by atoms with Crippen LogP contribution in [0.15, 0.2) is 55.0 Å². The van der Waals surface area contributed by atoms with E-state index in [0.717, 1.165) is 12.3 Å². The number of aliphatic hydroxyl groups excluding tert-OH is 1. The van der Waals surface area contributed by atoms with E-state index in [2.05, 4.69) is 10.3 Å². The quantitative estimate of drug-likeness (QED) is 0.398. The minimum absolute atomic E-state index is 0.113. The second-order valence-corrected chi connectivity index (χ2v) is 8.68. The van der Waals surface area contributed by atoms with Crippen molar-refractivity contribution in [2.75, 3.05) is 19.0 Å². The highest BCUT2D eigenvalue weighted by molar-refractivity contribution is 6.33. The molecule has 4 N–H and O–H groups in total. The van der Waals surface area contributed by atoms with Gasteiger partial charge in [-0.15, -0.1) is 0 Å². The predicted octanol–water partition coefficient (Wildman–Crippen LogP) is 2.92. The van der Waals surface area contributed by atoms with Crippen LogP contribution in [0.4, 0.5) is 10.2 Å². The number of ether oxygens (including phenoxy) is 1. The Kier molecular flexibility index (Phi) is 7.68. The summed E-state index contributed by atoms with van der Waals surface area (Å²) in [7, 11) is 1.55. The van der Waals surface area contributed by atoms with E-state index in [4.69, 9.17) is 22.1 Å². The lowest BCUT2D eigenvalue weighted by Gasteiger charge is -2.36. The number of methoxy groups -OCH3 is 1. The highest BCUT2D eigenvalue weighted by Crippen LogP contribution is 2.33. The second kappa shape index (κ2) is 10.9. The molecule has 0 spiro atoms. The minimum atomic E-state index is -0.446. The summed E-state index contributed by atoms with van der Waals surface area (Å²) in [5.41, 5.74) is 7.98. The Morgan fingerprint density at radius 2 is 2.17 bits per heavy atom. The van der Waals surface area contributed by atoms with Crippen molar-refractivity contribution in [1.82, 2.24) is 14.5 Å². The number of anilines is 1. The van der Waals surface area contributed by atoms with E-state index >= 15 is 0 Å². The standard InChI is InChI=1S/C25H25ClFN5O4/c1-36-14-19-12-31-10-17(20-8-23(29-9-21(20)26)30-24(34)4-5-28)7-22(31)25(35)32(19)11-16-6-18(27)3-2-15(16)13-33/h2-10,19,33H,11-14,28H2,1H3,(H,29,30,34)/t19-/m1/s1. The highest BCUT2D eigenvalue weighted by Gasteiger charge is 2.34. The number of amides is 2. The molecule has 36 heavy (non-hydrogen) atoms. The number of nitrogens with one attached hydrogen (secondary N) is 1. The molecule has 2 amide bonds. The van der Waals surface area contributed by atoms with Crippen LogP contribution < -0.4 is 11.1 Å². The van der Waals surface area contributed by atoms with E-state index in [0.29, 0.717) is 39.5 Å². The van der Waals surface area contributed by atoms with Crippen LogP contribution in [0.3, 0.4) is 0 Å². The van der Waals surface area contributed by atoms with Crippen LogP contribution in [-0.2, 0) is 29.2 Å². The minimum Gasteiger partial charge on any atom is -0.404 e. The van der Waals surface area contributed by atoms with E-state index in [-0.39, 0.29) is 37.5 Å². The first-order valence-corrected chi connectivity index (χ1v) is 11.5. The van der Waals surface area contributed by atoms with Crippen LogP contribution in [0.25, 0.3) is 11.1 Å². The van der Waals surface area contributed by atoms with E-state index in [1.54, 1.807) is 30.3 Å². The number of fused-ring (bicyclic) bond motifs is 1. The summed E-state index contributed by atoms with van der Waals surface area (Å²) < 4.78 is 21.1. The third-order valence-corrected chi connectivity index (χ3v) is 6.23. The molecule has 2 aromatic heterocycles. The number of nitrogens with two attached hydrogens (primary N) is 1. The maximum atomic E-state index is 13.9. The predicted molar refractivity (Wildman–Crippen MR) is 132 cm³/mol. The number of carbonyl (C=O) groups excluding carboxylic acids is 2. The van der Waals surface area contributed by atoms with Crippen molar-refractivity contribution in [2.45, 2.75) is 25.7 Å². The first-order chi connectivity index (χ1) is 17.3. The number of hydrogen-bond donors (Lipinski definition) is 3. The lowest BCUT2D eigenvalue weighted by atomic mass is 10.0. The van der Waals surface area contributed by atoms with E-state index in [1.165, 1.54) is 24.4 Å². The third-order valence-electron chi connectivity index (χ3n) is 5.93.